The van der Waals surface area contributed by atoms with Crippen LogP contribution in [0.5, 0.6) is 0 Å². The Bertz CT molecular complexity index is 337. The summed E-state index contributed by atoms with van der Waals surface area (Å²) in [6.07, 6.45) is 0.424. The molecule has 5 nitrogen and oxygen atoms in total. The lowest BCUT2D eigenvalue weighted by Gasteiger charge is -2.26. The van der Waals surface area contributed by atoms with E-state index >= 15 is 0 Å². The summed E-state index contributed by atoms with van der Waals surface area (Å²) < 4.78 is 5.46. The quantitative estimate of drug-likeness (QED) is 0.715. The molecule has 0 saturated carbocycles. The van der Waals surface area contributed by atoms with Crippen LogP contribution in [-0.2, 0) is 13.0 Å². The normalized spacial score (nSPS) is 18.9. The maximum absolute atomic E-state index is 9.45. The summed E-state index contributed by atoms with van der Waals surface area (Å²) in [4.78, 5) is 6.47. The molecule has 0 spiro atoms. The third kappa shape index (κ3) is 2.37. The zero-order chi connectivity index (χ0) is 10.8. The molecule has 84 valence electrons. The molecule has 1 aliphatic rings. The average molecular weight is 211 g/mol. The van der Waals surface area contributed by atoms with Crippen LogP contribution in [0.25, 0.3) is 0 Å². The van der Waals surface area contributed by atoms with Crippen molar-refractivity contribution in [1.29, 1.82) is 0 Å². The van der Waals surface area contributed by atoms with Crippen LogP contribution in [0.1, 0.15) is 17.3 Å². The highest BCUT2D eigenvalue weighted by Crippen LogP contribution is 2.19. The number of aliphatic hydroxyl groups excluding tert-OH is 1. The first-order valence-corrected chi connectivity index (χ1v) is 5.24. The van der Waals surface area contributed by atoms with Crippen molar-refractivity contribution in [3.8, 4) is 0 Å². The number of nitrogens with zero attached hydrogens (tertiary/aromatic N) is 2. The summed E-state index contributed by atoms with van der Waals surface area (Å²) in [5, 5.41) is 9.45. The molecule has 1 aliphatic heterocycles. The van der Waals surface area contributed by atoms with Crippen LogP contribution in [0.15, 0.2) is 4.42 Å². The number of aliphatic hydroxyl groups is 1. The van der Waals surface area contributed by atoms with Crippen molar-refractivity contribution < 1.29 is 9.52 Å². The van der Waals surface area contributed by atoms with Gasteiger partial charge in [-0.05, 0) is 0 Å². The van der Waals surface area contributed by atoms with Crippen LogP contribution in [0.2, 0.25) is 0 Å². The minimum absolute atomic E-state index is 0.307. The molecule has 0 saturated heterocycles. The molecule has 1 aromatic heterocycles. The van der Waals surface area contributed by atoms with Crippen molar-refractivity contribution in [2.75, 3.05) is 19.6 Å². The third-order valence-electron chi connectivity index (χ3n) is 2.65. The highest BCUT2D eigenvalue weighted by molar-refractivity contribution is 5.13. The second kappa shape index (κ2) is 4.30. The summed E-state index contributed by atoms with van der Waals surface area (Å²) in [7, 11) is 0. The lowest BCUT2D eigenvalue weighted by atomic mass is 10.1. The number of aryl methyl sites for hydroxylation is 1. The van der Waals surface area contributed by atoms with Gasteiger partial charge in [-0.1, -0.05) is 0 Å². The molecule has 0 aromatic carbocycles. The van der Waals surface area contributed by atoms with Crippen LogP contribution < -0.4 is 5.73 Å². The van der Waals surface area contributed by atoms with E-state index in [1.807, 2.05) is 6.92 Å². The first-order valence-electron chi connectivity index (χ1n) is 5.24. The van der Waals surface area contributed by atoms with Crippen LogP contribution in [0.4, 0.5) is 0 Å². The van der Waals surface area contributed by atoms with Crippen LogP contribution in [0, 0.1) is 6.92 Å². The van der Waals surface area contributed by atoms with E-state index in [9.17, 15) is 5.11 Å². The number of nitrogens with two attached hydrogens (primary N) is 1. The van der Waals surface area contributed by atoms with Gasteiger partial charge in [-0.2, -0.15) is 0 Å². The molecule has 0 radical (unpaired) electrons. The Morgan fingerprint density at radius 2 is 2.47 bits per heavy atom. The van der Waals surface area contributed by atoms with Gasteiger partial charge in [0.05, 0.1) is 11.8 Å². The Morgan fingerprint density at radius 3 is 3.20 bits per heavy atom. The Hall–Kier alpha value is -0.910. The van der Waals surface area contributed by atoms with E-state index < -0.39 is 6.10 Å². The first kappa shape index (κ1) is 10.6. The predicted octanol–water partition coefficient (Wildman–Crippen LogP) is -0.339. The minimum atomic E-state index is -0.445. The number of oxazole rings is 1. The lowest BCUT2D eigenvalue weighted by molar-refractivity contribution is 0.108. The number of β-amino-alcohol motifs (C(OH)–C–C–N with tert-alkyl or cyclic N) is 1. The van der Waals surface area contributed by atoms with Crippen molar-refractivity contribution in [1.82, 2.24) is 9.88 Å². The molecule has 15 heavy (non-hydrogen) atoms. The van der Waals surface area contributed by atoms with Gasteiger partial charge in [0.25, 0.3) is 0 Å². The van der Waals surface area contributed by atoms with Crippen molar-refractivity contribution in [3.63, 3.8) is 0 Å². The fourth-order valence-electron chi connectivity index (χ4n) is 1.91. The second-order valence-corrected chi connectivity index (χ2v) is 3.98. The largest absolute Gasteiger partial charge is 0.446 e. The number of hydrogen-bond donors (Lipinski definition) is 2. The average Bonchev–Trinajstić information content (AvgIpc) is 2.57. The molecule has 0 fully saturated rings. The number of rotatable bonds is 3. The molecular formula is C10H17N3O2. The molecular weight excluding hydrogens is 194 g/mol. The molecule has 2 heterocycles. The monoisotopic (exact) mass is 211 g/mol. The smallest absolute Gasteiger partial charge is 0.191 e. The van der Waals surface area contributed by atoms with E-state index in [0.29, 0.717) is 13.1 Å². The van der Waals surface area contributed by atoms with Crippen LogP contribution in [-0.4, -0.2) is 40.7 Å². The SMILES string of the molecule is Cc1nc2c(o1)CCN(CC(O)CN)C2. The highest BCUT2D eigenvalue weighted by Gasteiger charge is 2.22. The standard InChI is InChI=1S/C10H17N3O2/c1-7-12-9-6-13(5-8(14)4-11)3-2-10(9)15-7/h8,14H,2-6,11H2,1H3. The fraction of sp³-hybridized carbons (Fsp3) is 0.700. The summed E-state index contributed by atoms with van der Waals surface area (Å²) in [6, 6.07) is 0. The van der Waals surface area contributed by atoms with Gasteiger partial charge >= 0.3 is 0 Å². The van der Waals surface area contributed by atoms with Gasteiger partial charge in [0.2, 0.25) is 0 Å². The van der Waals surface area contributed by atoms with E-state index in [1.54, 1.807) is 0 Å². The van der Waals surface area contributed by atoms with Crippen molar-refractivity contribution >= 4 is 0 Å². The van der Waals surface area contributed by atoms with Gasteiger partial charge in [0, 0.05) is 39.5 Å². The zero-order valence-electron chi connectivity index (χ0n) is 8.94. The zero-order valence-corrected chi connectivity index (χ0v) is 8.94. The van der Waals surface area contributed by atoms with E-state index in [1.165, 1.54) is 0 Å². The number of aromatic nitrogens is 1. The topological polar surface area (TPSA) is 75.5 Å². The molecule has 1 atom stereocenters. The molecule has 5 heteroatoms. The number of fused-ring (bicyclic) bond motifs is 1. The highest BCUT2D eigenvalue weighted by atomic mass is 16.4. The van der Waals surface area contributed by atoms with E-state index in [4.69, 9.17) is 10.2 Å². The Kier molecular flexibility index (Phi) is 3.04. The van der Waals surface area contributed by atoms with Crippen molar-refractivity contribution in [2.24, 2.45) is 5.73 Å². The molecule has 2 rings (SSSR count). The van der Waals surface area contributed by atoms with Gasteiger partial charge < -0.3 is 15.3 Å². The Balaban J connectivity index is 1.99. The van der Waals surface area contributed by atoms with Gasteiger partial charge in [-0.25, -0.2) is 4.98 Å². The second-order valence-electron chi connectivity index (χ2n) is 3.98. The summed E-state index contributed by atoms with van der Waals surface area (Å²) in [5.41, 5.74) is 6.38. The lowest BCUT2D eigenvalue weighted by Crippen LogP contribution is -2.39. The van der Waals surface area contributed by atoms with E-state index in [0.717, 1.165) is 36.9 Å². The van der Waals surface area contributed by atoms with Gasteiger partial charge in [-0.3, -0.25) is 4.90 Å². The molecule has 0 amide bonds. The van der Waals surface area contributed by atoms with E-state index in [-0.39, 0.29) is 0 Å². The molecule has 0 aliphatic carbocycles. The van der Waals surface area contributed by atoms with Gasteiger partial charge in [0.1, 0.15) is 5.76 Å². The van der Waals surface area contributed by atoms with Crippen LogP contribution in [0.3, 0.4) is 0 Å². The Labute approximate surface area is 88.9 Å². The third-order valence-corrected chi connectivity index (χ3v) is 2.65. The molecule has 0 bridgehead atoms. The molecule has 3 N–H and O–H groups in total. The summed E-state index contributed by atoms with van der Waals surface area (Å²) >= 11 is 0. The predicted molar refractivity (Wildman–Crippen MR) is 55.3 cm³/mol. The Morgan fingerprint density at radius 1 is 1.67 bits per heavy atom. The van der Waals surface area contributed by atoms with Gasteiger partial charge in [-0.15, -0.1) is 0 Å². The molecule has 1 aromatic rings. The fourth-order valence-corrected chi connectivity index (χ4v) is 1.91. The summed E-state index contributed by atoms with van der Waals surface area (Å²) in [6.45, 7) is 4.43. The molecule has 1 unspecified atom stereocenters. The maximum Gasteiger partial charge on any atom is 0.191 e. The maximum atomic E-state index is 9.45. The minimum Gasteiger partial charge on any atom is -0.446 e. The van der Waals surface area contributed by atoms with Crippen molar-refractivity contribution in [2.45, 2.75) is 26.0 Å². The van der Waals surface area contributed by atoms with Gasteiger partial charge in [0.15, 0.2) is 5.89 Å². The summed E-state index contributed by atoms with van der Waals surface area (Å²) in [5.74, 6) is 1.72. The van der Waals surface area contributed by atoms with Crippen molar-refractivity contribution in [3.05, 3.63) is 17.3 Å². The number of hydrogen-bond acceptors (Lipinski definition) is 5. The van der Waals surface area contributed by atoms with E-state index in [2.05, 4.69) is 9.88 Å². The first-order chi connectivity index (χ1) is 7.19. The van der Waals surface area contributed by atoms with Crippen LogP contribution >= 0.6 is 0 Å².